The third kappa shape index (κ3) is 4.30. The number of rotatable bonds is 6. The number of amides is 1. The third-order valence-electron chi connectivity index (χ3n) is 5.36. The van der Waals surface area contributed by atoms with Gasteiger partial charge in [0.05, 0.1) is 27.7 Å². The number of hydrogen-bond donors (Lipinski definition) is 4. The molecule has 0 bridgehead atoms. The molecule has 1 unspecified atom stereocenters. The Hall–Kier alpha value is -4.69. The highest BCUT2D eigenvalue weighted by Crippen LogP contribution is 2.28. The summed E-state index contributed by atoms with van der Waals surface area (Å²) >= 11 is 6.35. The number of carbonyl (C=O) groups excluding carboxylic acids is 1. The number of anilines is 3. The lowest BCUT2D eigenvalue weighted by atomic mass is 10.1. The molecule has 7 N–H and O–H groups in total. The van der Waals surface area contributed by atoms with Gasteiger partial charge in [-0.25, -0.2) is 4.98 Å². The molecule has 0 aliphatic heterocycles. The van der Waals surface area contributed by atoms with Crippen LogP contribution in [0, 0.1) is 11.3 Å². The fraction of sp³-hybridized carbons (Fsp3) is 0.130. The Morgan fingerprint density at radius 1 is 1.20 bits per heavy atom. The predicted molar refractivity (Wildman–Crippen MR) is 133 cm³/mol. The van der Waals surface area contributed by atoms with Crippen molar-refractivity contribution < 1.29 is 4.79 Å². The molecular weight excluding hydrogens is 470 g/mol. The van der Waals surface area contributed by atoms with Crippen LogP contribution in [0.1, 0.15) is 41.1 Å². The Morgan fingerprint density at radius 2 is 1.94 bits per heavy atom. The van der Waals surface area contributed by atoms with Crippen LogP contribution in [0.4, 0.5) is 17.6 Å². The molecule has 0 fully saturated rings. The van der Waals surface area contributed by atoms with E-state index in [9.17, 15) is 14.9 Å². The molecule has 4 rings (SSSR count). The van der Waals surface area contributed by atoms with Gasteiger partial charge in [-0.05, 0) is 36.8 Å². The molecule has 2 heterocycles. The number of fused-ring (bicyclic) bond motifs is 1. The summed E-state index contributed by atoms with van der Waals surface area (Å²) in [6.45, 7) is 1.86. The normalized spacial score (nSPS) is 11.7. The molecule has 0 aliphatic rings. The zero-order valence-corrected chi connectivity index (χ0v) is 19.2. The summed E-state index contributed by atoms with van der Waals surface area (Å²) in [4.78, 5) is 38.2. The van der Waals surface area contributed by atoms with E-state index in [0.29, 0.717) is 17.6 Å². The summed E-state index contributed by atoms with van der Waals surface area (Å²) in [5.41, 5.74) is 17.6. The lowest BCUT2D eigenvalue weighted by Gasteiger charge is -2.23. The van der Waals surface area contributed by atoms with Gasteiger partial charge in [-0.1, -0.05) is 30.7 Å². The Bertz CT molecular complexity index is 1580. The molecule has 0 saturated heterocycles. The van der Waals surface area contributed by atoms with Gasteiger partial charge in [0.2, 0.25) is 11.9 Å². The van der Waals surface area contributed by atoms with E-state index >= 15 is 0 Å². The van der Waals surface area contributed by atoms with Gasteiger partial charge in [0, 0.05) is 5.56 Å². The van der Waals surface area contributed by atoms with E-state index in [0.717, 1.165) is 0 Å². The third-order valence-corrected chi connectivity index (χ3v) is 5.67. The largest absolute Gasteiger partial charge is 0.382 e. The summed E-state index contributed by atoms with van der Waals surface area (Å²) in [6, 6.07) is 12.6. The van der Waals surface area contributed by atoms with Gasteiger partial charge in [0.15, 0.2) is 5.82 Å². The van der Waals surface area contributed by atoms with Crippen LogP contribution < -0.4 is 28.1 Å². The minimum atomic E-state index is -0.649. The molecule has 35 heavy (non-hydrogen) atoms. The molecule has 2 aromatic heterocycles. The number of halogens is 1. The van der Waals surface area contributed by atoms with Gasteiger partial charge < -0.3 is 22.5 Å². The van der Waals surface area contributed by atoms with Crippen LogP contribution in [0.15, 0.2) is 47.3 Å². The zero-order chi connectivity index (χ0) is 25.3. The number of carbonyl (C=O) groups is 1. The number of nitrogens with two attached hydrogens (primary N) is 3. The lowest BCUT2D eigenvalue weighted by Crippen LogP contribution is -2.29. The molecule has 0 saturated carbocycles. The van der Waals surface area contributed by atoms with Crippen molar-refractivity contribution in [1.82, 2.24) is 19.5 Å². The second-order valence-corrected chi connectivity index (χ2v) is 7.97. The fourth-order valence-electron chi connectivity index (χ4n) is 3.71. The van der Waals surface area contributed by atoms with Crippen molar-refractivity contribution in [2.45, 2.75) is 19.4 Å². The Morgan fingerprint density at radius 3 is 2.63 bits per heavy atom. The van der Waals surface area contributed by atoms with E-state index < -0.39 is 17.5 Å². The van der Waals surface area contributed by atoms with Crippen molar-refractivity contribution in [1.29, 1.82) is 5.26 Å². The molecule has 0 aliphatic carbocycles. The van der Waals surface area contributed by atoms with Crippen LogP contribution >= 0.6 is 11.6 Å². The van der Waals surface area contributed by atoms with Gasteiger partial charge in [-0.2, -0.15) is 15.2 Å². The highest BCUT2D eigenvalue weighted by atomic mass is 35.5. The topological polar surface area (TPSA) is 192 Å². The highest BCUT2D eigenvalue weighted by Gasteiger charge is 2.24. The van der Waals surface area contributed by atoms with E-state index in [1.165, 1.54) is 10.6 Å². The number of aromatic nitrogens is 4. The number of nitrogens with one attached hydrogen (secondary N) is 1. The first-order valence-electron chi connectivity index (χ1n) is 10.5. The van der Waals surface area contributed by atoms with E-state index in [2.05, 4.69) is 15.3 Å². The monoisotopic (exact) mass is 489 g/mol. The first kappa shape index (κ1) is 23.5. The van der Waals surface area contributed by atoms with Crippen molar-refractivity contribution in [3.8, 4) is 11.8 Å². The number of nitrogens with zero attached hydrogens (tertiary/aromatic N) is 5. The summed E-state index contributed by atoms with van der Waals surface area (Å²) in [5, 5.41) is 13.1. The summed E-state index contributed by atoms with van der Waals surface area (Å²) in [7, 11) is 0. The van der Waals surface area contributed by atoms with Crippen LogP contribution in [-0.4, -0.2) is 25.4 Å². The lowest BCUT2D eigenvalue weighted by molar-refractivity contribution is 0.1000. The van der Waals surface area contributed by atoms with E-state index in [1.807, 2.05) is 13.0 Å². The molecule has 2 aromatic carbocycles. The predicted octanol–water partition coefficient (Wildman–Crippen LogP) is 2.53. The molecular formula is C23H20ClN9O2. The average Bonchev–Trinajstić information content (AvgIpc) is 2.82. The Labute approximate surface area is 204 Å². The first-order chi connectivity index (χ1) is 16.7. The maximum Gasteiger partial charge on any atom is 0.267 e. The second kappa shape index (κ2) is 9.28. The molecule has 1 atom stereocenters. The van der Waals surface area contributed by atoms with Crippen molar-refractivity contribution in [3.63, 3.8) is 0 Å². The first-order valence-corrected chi connectivity index (χ1v) is 10.8. The van der Waals surface area contributed by atoms with Crippen molar-refractivity contribution in [2.24, 2.45) is 5.73 Å². The van der Waals surface area contributed by atoms with Gasteiger partial charge in [-0.15, -0.1) is 0 Å². The summed E-state index contributed by atoms with van der Waals surface area (Å²) < 4.78 is 1.35. The van der Waals surface area contributed by atoms with E-state index in [4.69, 9.17) is 33.8 Å². The average molecular weight is 490 g/mol. The smallest absolute Gasteiger partial charge is 0.267 e. The molecule has 11 nitrogen and oxygen atoms in total. The quantitative estimate of drug-likeness (QED) is 0.315. The second-order valence-electron chi connectivity index (χ2n) is 7.57. The Balaban J connectivity index is 2.00. The molecule has 12 heteroatoms. The fourth-order valence-corrected chi connectivity index (χ4v) is 3.96. The van der Waals surface area contributed by atoms with Gasteiger partial charge in [0.25, 0.3) is 5.56 Å². The number of benzene rings is 2. The highest BCUT2D eigenvalue weighted by molar-refractivity contribution is 6.35. The molecule has 0 spiro atoms. The van der Waals surface area contributed by atoms with Gasteiger partial charge in [-0.3, -0.25) is 14.2 Å². The number of nitriles is 1. The maximum absolute atomic E-state index is 13.7. The van der Waals surface area contributed by atoms with Crippen LogP contribution in [-0.2, 0) is 0 Å². The minimum absolute atomic E-state index is 0.00565. The minimum Gasteiger partial charge on any atom is -0.382 e. The number of primary amides is 1. The SMILES string of the molecule is CCC(Nc1nc(N)nc(N)c1C#N)c1nc2cccc(Cl)c2c(=O)n1-c1cccc(C(N)=O)c1. The number of nitrogen functional groups attached to an aromatic ring is 2. The Kier molecular flexibility index (Phi) is 6.22. The molecule has 4 aromatic rings. The number of hydrogen-bond acceptors (Lipinski definition) is 9. The molecule has 1 amide bonds. The van der Waals surface area contributed by atoms with Crippen LogP contribution in [0.25, 0.3) is 16.6 Å². The summed E-state index contributed by atoms with van der Waals surface area (Å²) in [6.07, 6.45) is 0.419. The zero-order valence-electron chi connectivity index (χ0n) is 18.5. The van der Waals surface area contributed by atoms with Gasteiger partial charge in [0.1, 0.15) is 23.3 Å². The van der Waals surface area contributed by atoms with E-state index in [-0.39, 0.29) is 44.9 Å². The van der Waals surface area contributed by atoms with Gasteiger partial charge >= 0.3 is 0 Å². The van der Waals surface area contributed by atoms with Crippen LogP contribution in [0.2, 0.25) is 5.02 Å². The standard InChI is InChI=1S/C23H20ClN9O2/c1-2-15(29-20-13(10-25)18(26)31-23(28)32-20)21-30-16-8-4-7-14(24)17(16)22(35)33(21)12-6-3-5-11(9-12)19(27)34/h3-9,15H,2H2,1H3,(H2,27,34)(H5,26,28,29,31,32). The molecule has 0 radical (unpaired) electrons. The van der Waals surface area contributed by atoms with Crippen LogP contribution in [0.5, 0.6) is 0 Å². The van der Waals surface area contributed by atoms with Crippen LogP contribution in [0.3, 0.4) is 0 Å². The maximum atomic E-state index is 13.7. The van der Waals surface area contributed by atoms with Crippen molar-refractivity contribution >= 4 is 46.0 Å². The van der Waals surface area contributed by atoms with Crippen molar-refractivity contribution in [3.05, 3.63) is 74.8 Å². The van der Waals surface area contributed by atoms with E-state index in [1.54, 1.807) is 36.4 Å². The molecule has 176 valence electrons. The summed E-state index contributed by atoms with van der Waals surface area (Å²) in [5.74, 6) is -0.467. The van der Waals surface area contributed by atoms with Crippen molar-refractivity contribution in [2.75, 3.05) is 16.8 Å².